The van der Waals surface area contributed by atoms with Crippen molar-refractivity contribution in [2.75, 3.05) is 6.61 Å². The molecule has 0 saturated heterocycles. The minimum Gasteiger partial charge on any atom is -0.394 e. The van der Waals surface area contributed by atoms with Crippen LogP contribution in [0.5, 0.6) is 0 Å². The number of halogens is 3. The van der Waals surface area contributed by atoms with Gasteiger partial charge in [-0.3, -0.25) is 9.59 Å². The van der Waals surface area contributed by atoms with E-state index in [-0.39, 0.29) is 18.1 Å². The molecule has 0 aliphatic heterocycles. The van der Waals surface area contributed by atoms with Crippen LogP contribution in [0.4, 0.5) is 13.2 Å². The van der Waals surface area contributed by atoms with Gasteiger partial charge in [-0.15, -0.1) is 0 Å². The van der Waals surface area contributed by atoms with Crippen molar-refractivity contribution >= 4 is 5.91 Å². The summed E-state index contributed by atoms with van der Waals surface area (Å²) >= 11 is 0. The molecule has 0 bridgehead atoms. The Balaban J connectivity index is 2.17. The summed E-state index contributed by atoms with van der Waals surface area (Å²) in [7, 11) is 0. The standard InChI is InChI=1S/C13H15F3N2O3/c14-13(15,16)9-4-8(5-17-12(9)21)11(20)18-10(6-19)7-2-1-3-7/h4-5,7,10,19H,1-3,6H2,(H,17,21)(H,18,20). The normalized spacial score (nSPS) is 17.1. The predicted octanol–water partition coefficient (Wildman–Crippen LogP) is 1.28. The van der Waals surface area contributed by atoms with Crippen LogP contribution in [0, 0.1) is 5.92 Å². The number of aromatic amines is 1. The third-order valence-electron chi connectivity index (χ3n) is 3.70. The molecule has 116 valence electrons. The summed E-state index contributed by atoms with van der Waals surface area (Å²) in [5, 5.41) is 11.7. The summed E-state index contributed by atoms with van der Waals surface area (Å²) in [6.07, 6.45) is -1.15. The fourth-order valence-corrected chi connectivity index (χ4v) is 2.23. The molecule has 0 spiro atoms. The van der Waals surface area contributed by atoms with Crippen molar-refractivity contribution in [1.29, 1.82) is 0 Å². The summed E-state index contributed by atoms with van der Waals surface area (Å²) < 4.78 is 37.9. The van der Waals surface area contributed by atoms with Gasteiger partial charge < -0.3 is 15.4 Å². The maximum Gasteiger partial charge on any atom is 0.421 e. The molecular formula is C13H15F3N2O3. The average molecular weight is 304 g/mol. The van der Waals surface area contributed by atoms with E-state index in [1.807, 2.05) is 4.98 Å². The van der Waals surface area contributed by atoms with E-state index in [1.165, 1.54) is 0 Å². The monoisotopic (exact) mass is 304 g/mol. The molecule has 1 aliphatic rings. The Morgan fingerprint density at radius 1 is 1.48 bits per heavy atom. The number of hydrogen-bond acceptors (Lipinski definition) is 3. The first kappa shape index (κ1) is 15.6. The molecule has 0 aromatic carbocycles. The van der Waals surface area contributed by atoms with Gasteiger partial charge in [-0.1, -0.05) is 6.42 Å². The Bertz CT molecular complexity index is 579. The molecule has 2 rings (SSSR count). The highest BCUT2D eigenvalue weighted by atomic mass is 19.4. The van der Waals surface area contributed by atoms with E-state index >= 15 is 0 Å². The Labute approximate surface area is 118 Å². The molecule has 8 heteroatoms. The molecule has 5 nitrogen and oxygen atoms in total. The molecule has 1 aromatic rings. The van der Waals surface area contributed by atoms with E-state index < -0.39 is 29.2 Å². The summed E-state index contributed by atoms with van der Waals surface area (Å²) in [6.45, 7) is -0.272. The Hall–Kier alpha value is -1.83. The number of pyridine rings is 1. The SMILES string of the molecule is O=C(NC(CO)C1CCC1)c1c[nH]c(=O)c(C(F)(F)F)c1. The summed E-state index contributed by atoms with van der Waals surface area (Å²) in [5.74, 6) is -0.605. The van der Waals surface area contributed by atoms with Gasteiger partial charge in [-0.05, 0) is 24.8 Å². The van der Waals surface area contributed by atoms with Crippen LogP contribution >= 0.6 is 0 Å². The van der Waals surface area contributed by atoms with E-state index in [2.05, 4.69) is 5.32 Å². The van der Waals surface area contributed by atoms with Gasteiger partial charge in [0.2, 0.25) is 0 Å². The van der Waals surface area contributed by atoms with Crippen molar-refractivity contribution in [3.05, 3.63) is 33.7 Å². The van der Waals surface area contributed by atoms with Crippen molar-refractivity contribution in [1.82, 2.24) is 10.3 Å². The van der Waals surface area contributed by atoms with Crippen LogP contribution in [0.2, 0.25) is 0 Å². The van der Waals surface area contributed by atoms with Crippen molar-refractivity contribution in [2.45, 2.75) is 31.5 Å². The zero-order valence-corrected chi connectivity index (χ0v) is 11.0. The molecule has 1 unspecified atom stereocenters. The highest BCUT2D eigenvalue weighted by Gasteiger charge is 2.35. The highest BCUT2D eigenvalue weighted by Crippen LogP contribution is 2.30. The number of aliphatic hydroxyl groups is 1. The average Bonchev–Trinajstić information content (AvgIpc) is 2.34. The molecule has 1 atom stereocenters. The van der Waals surface area contributed by atoms with Crippen molar-refractivity contribution < 1.29 is 23.1 Å². The van der Waals surface area contributed by atoms with Crippen LogP contribution in [0.1, 0.15) is 35.2 Å². The maximum atomic E-state index is 12.6. The van der Waals surface area contributed by atoms with E-state index in [9.17, 15) is 27.9 Å². The van der Waals surface area contributed by atoms with Crippen LogP contribution in [-0.2, 0) is 6.18 Å². The molecule has 1 amide bonds. The van der Waals surface area contributed by atoms with Gasteiger partial charge in [0.25, 0.3) is 11.5 Å². The van der Waals surface area contributed by atoms with Crippen molar-refractivity contribution in [3.8, 4) is 0 Å². The summed E-state index contributed by atoms with van der Waals surface area (Å²) in [6, 6.07) is 0.0381. The van der Waals surface area contributed by atoms with Gasteiger partial charge in [0, 0.05) is 6.20 Å². The fourth-order valence-electron chi connectivity index (χ4n) is 2.23. The minimum absolute atomic E-state index is 0.142. The first-order chi connectivity index (χ1) is 9.82. The molecular weight excluding hydrogens is 289 g/mol. The predicted molar refractivity (Wildman–Crippen MR) is 67.7 cm³/mol. The second-order valence-corrected chi connectivity index (χ2v) is 5.08. The zero-order valence-electron chi connectivity index (χ0n) is 11.0. The lowest BCUT2D eigenvalue weighted by molar-refractivity contribution is -0.138. The number of aromatic nitrogens is 1. The zero-order chi connectivity index (χ0) is 15.6. The quantitative estimate of drug-likeness (QED) is 0.784. The third kappa shape index (κ3) is 3.44. The number of carbonyl (C=O) groups excluding carboxylic acids is 1. The number of alkyl halides is 3. The van der Waals surface area contributed by atoms with Crippen LogP contribution in [0.3, 0.4) is 0 Å². The van der Waals surface area contributed by atoms with Crippen molar-refractivity contribution in [2.24, 2.45) is 5.92 Å². The molecule has 3 N–H and O–H groups in total. The van der Waals surface area contributed by atoms with Gasteiger partial charge in [-0.2, -0.15) is 13.2 Å². The molecule has 1 heterocycles. The lowest BCUT2D eigenvalue weighted by Crippen LogP contribution is -2.45. The topological polar surface area (TPSA) is 82.2 Å². The van der Waals surface area contributed by atoms with Gasteiger partial charge >= 0.3 is 6.18 Å². The lowest BCUT2D eigenvalue weighted by Gasteiger charge is -2.33. The number of aliphatic hydroxyl groups excluding tert-OH is 1. The maximum absolute atomic E-state index is 12.6. The Morgan fingerprint density at radius 3 is 2.62 bits per heavy atom. The first-order valence-corrected chi connectivity index (χ1v) is 6.54. The number of carbonyl (C=O) groups is 1. The summed E-state index contributed by atoms with van der Waals surface area (Å²) in [5.41, 5.74) is -3.00. The molecule has 1 aromatic heterocycles. The molecule has 1 aliphatic carbocycles. The number of amides is 1. The van der Waals surface area contributed by atoms with Crippen LogP contribution in [0.15, 0.2) is 17.1 Å². The minimum atomic E-state index is -4.83. The molecule has 1 saturated carbocycles. The van der Waals surface area contributed by atoms with Gasteiger partial charge in [0.1, 0.15) is 5.56 Å². The van der Waals surface area contributed by atoms with Crippen molar-refractivity contribution in [3.63, 3.8) is 0 Å². The van der Waals surface area contributed by atoms with Crippen LogP contribution in [0.25, 0.3) is 0 Å². The molecule has 21 heavy (non-hydrogen) atoms. The van der Waals surface area contributed by atoms with Gasteiger partial charge in [0.15, 0.2) is 0 Å². The van der Waals surface area contributed by atoms with Crippen LogP contribution < -0.4 is 10.9 Å². The van der Waals surface area contributed by atoms with E-state index in [4.69, 9.17) is 0 Å². The summed E-state index contributed by atoms with van der Waals surface area (Å²) in [4.78, 5) is 25.0. The second-order valence-electron chi connectivity index (χ2n) is 5.08. The fraction of sp³-hybridized carbons (Fsp3) is 0.538. The van der Waals surface area contributed by atoms with E-state index in [1.54, 1.807) is 0 Å². The number of rotatable bonds is 4. The van der Waals surface area contributed by atoms with E-state index in [0.29, 0.717) is 6.07 Å². The first-order valence-electron chi connectivity index (χ1n) is 6.54. The number of nitrogens with one attached hydrogen (secondary N) is 2. The molecule has 0 radical (unpaired) electrons. The largest absolute Gasteiger partial charge is 0.421 e. The smallest absolute Gasteiger partial charge is 0.394 e. The lowest BCUT2D eigenvalue weighted by atomic mass is 9.80. The molecule has 1 fully saturated rings. The van der Waals surface area contributed by atoms with Gasteiger partial charge in [0.05, 0.1) is 18.2 Å². The third-order valence-corrected chi connectivity index (χ3v) is 3.70. The Morgan fingerprint density at radius 2 is 2.14 bits per heavy atom. The number of H-pyrrole nitrogens is 1. The van der Waals surface area contributed by atoms with Gasteiger partial charge in [-0.25, -0.2) is 0 Å². The Kier molecular flexibility index (Phi) is 4.36. The second kappa shape index (κ2) is 5.88. The number of hydrogen-bond donors (Lipinski definition) is 3. The highest BCUT2D eigenvalue weighted by molar-refractivity contribution is 5.94. The van der Waals surface area contributed by atoms with Crippen LogP contribution in [-0.4, -0.2) is 28.6 Å². The van der Waals surface area contributed by atoms with E-state index in [0.717, 1.165) is 25.5 Å².